The van der Waals surface area contributed by atoms with Gasteiger partial charge in [-0.05, 0) is 5.56 Å². The Balaban J connectivity index is 2.02. The zero-order valence-electron chi connectivity index (χ0n) is 10.2. The number of benzene rings is 1. The molecular formula is C13H18O6. The number of aliphatic hydroxyl groups is 5. The number of ether oxygens (including phenoxy) is 1. The summed E-state index contributed by atoms with van der Waals surface area (Å²) in [6.45, 7) is 0. The Kier molecular flexibility index (Phi) is 4.51. The Morgan fingerprint density at radius 2 is 1.58 bits per heavy atom. The van der Waals surface area contributed by atoms with Crippen molar-refractivity contribution in [1.29, 1.82) is 0 Å². The minimum atomic E-state index is -1.58. The summed E-state index contributed by atoms with van der Waals surface area (Å²) < 4.78 is 5.01. The second-order valence-electron chi connectivity index (χ2n) is 4.70. The standard InChI is InChI=1S/C13H18O6/c14-8(7-4-2-1-3-5-7)6-9-10(15)11(16)12(17)13(18)19-9/h1-5,8-18H,6H2/t8?,9-,10+,11+,12-,13-/m0/s1. The van der Waals surface area contributed by atoms with Crippen LogP contribution in [-0.2, 0) is 4.74 Å². The highest BCUT2D eigenvalue weighted by Gasteiger charge is 2.43. The molecule has 1 saturated heterocycles. The first-order chi connectivity index (χ1) is 9.00. The highest BCUT2D eigenvalue weighted by atomic mass is 16.6. The molecule has 0 bridgehead atoms. The molecule has 0 saturated carbocycles. The summed E-state index contributed by atoms with van der Waals surface area (Å²) in [4.78, 5) is 0. The molecule has 1 unspecified atom stereocenters. The summed E-state index contributed by atoms with van der Waals surface area (Å²) in [7, 11) is 0. The van der Waals surface area contributed by atoms with E-state index in [1.807, 2.05) is 6.07 Å². The predicted octanol–water partition coefficient (Wildman–Crippen LogP) is -1.09. The number of hydrogen-bond donors (Lipinski definition) is 5. The van der Waals surface area contributed by atoms with Crippen molar-refractivity contribution in [2.24, 2.45) is 0 Å². The van der Waals surface area contributed by atoms with Crippen molar-refractivity contribution in [2.45, 2.75) is 43.2 Å². The topological polar surface area (TPSA) is 110 Å². The van der Waals surface area contributed by atoms with Crippen molar-refractivity contribution in [1.82, 2.24) is 0 Å². The zero-order chi connectivity index (χ0) is 14.0. The third-order valence-electron chi connectivity index (χ3n) is 3.33. The van der Waals surface area contributed by atoms with Gasteiger partial charge in [0, 0.05) is 6.42 Å². The second-order valence-corrected chi connectivity index (χ2v) is 4.70. The maximum atomic E-state index is 10.0. The van der Waals surface area contributed by atoms with Crippen LogP contribution in [-0.4, -0.2) is 56.2 Å². The minimum Gasteiger partial charge on any atom is -0.388 e. The molecule has 6 nitrogen and oxygen atoms in total. The first kappa shape index (κ1) is 14.4. The van der Waals surface area contributed by atoms with Crippen molar-refractivity contribution in [3.05, 3.63) is 35.9 Å². The van der Waals surface area contributed by atoms with E-state index in [9.17, 15) is 25.5 Å². The lowest BCUT2D eigenvalue weighted by molar-refractivity contribution is -0.285. The van der Waals surface area contributed by atoms with Gasteiger partial charge in [0.2, 0.25) is 0 Å². The molecule has 1 aromatic carbocycles. The average molecular weight is 270 g/mol. The summed E-state index contributed by atoms with van der Waals surface area (Å²) in [5, 5.41) is 48.1. The molecule has 1 fully saturated rings. The van der Waals surface area contributed by atoms with Gasteiger partial charge in [-0.3, -0.25) is 0 Å². The van der Waals surface area contributed by atoms with Crippen molar-refractivity contribution < 1.29 is 30.3 Å². The van der Waals surface area contributed by atoms with Crippen molar-refractivity contribution in [3.8, 4) is 0 Å². The molecule has 0 spiro atoms. The molecule has 0 amide bonds. The van der Waals surface area contributed by atoms with Crippen LogP contribution < -0.4 is 0 Å². The molecule has 6 heteroatoms. The largest absolute Gasteiger partial charge is 0.388 e. The second kappa shape index (κ2) is 5.96. The Labute approximate surface area is 110 Å². The van der Waals surface area contributed by atoms with E-state index in [-0.39, 0.29) is 6.42 Å². The number of aliphatic hydroxyl groups excluding tert-OH is 5. The summed E-state index contributed by atoms with van der Waals surface area (Å²) in [5.74, 6) is 0. The molecule has 0 aromatic heterocycles. The van der Waals surface area contributed by atoms with E-state index < -0.39 is 36.8 Å². The van der Waals surface area contributed by atoms with Crippen LogP contribution in [0.3, 0.4) is 0 Å². The summed E-state index contributed by atoms with van der Waals surface area (Å²) in [5.41, 5.74) is 0.647. The van der Waals surface area contributed by atoms with Gasteiger partial charge in [-0.2, -0.15) is 0 Å². The van der Waals surface area contributed by atoms with E-state index >= 15 is 0 Å². The Hall–Kier alpha value is -1.02. The Morgan fingerprint density at radius 3 is 2.21 bits per heavy atom. The molecule has 19 heavy (non-hydrogen) atoms. The van der Waals surface area contributed by atoms with Crippen LogP contribution in [0, 0.1) is 0 Å². The maximum Gasteiger partial charge on any atom is 0.183 e. The highest BCUT2D eigenvalue weighted by Crippen LogP contribution is 2.27. The third-order valence-corrected chi connectivity index (χ3v) is 3.33. The molecule has 1 aromatic rings. The predicted molar refractivity (Wildman–Crippen MR) is 64.9 cm³/mol. The van der Waals surface area contributed by atoms with Crippen LogP contribution in [0.25, 0.3) is 0 Å². The van der Waals surface area contributed by atoms with E-state index in [0.29, 0.717) is 5.56 Å². The average Bonchev–Trinajstić information content (AvgIpc) is 2.43. The van der Waals surface area contributed by atoms with E-state index in [1.54, 1.807) is 24.3 Å². The van der Waals surface area contributed by atoms with E-state index in [2.05, 4.69) is 0 Å². The van der Waals surface area contributed by atoms with Gasteiger partial charge in [0.15, 0.2) is 6.29 Å². The van der Waals surface area contributed by atoms with Gasteiger partial charge in [0.05, 0.1) is 12.2 Å². The van der Waals surface area contributed by atoms with Gasteiger partial charge in [-0.25, -0.2) is 0 Å². The smallest absolute Gasteiger partial charge is 0.183 e. The number of rotatable bonds is 3. The van der Waals surface area contributed by atoms with Crippen LogP contribution in [0.5, 0.6) is 0 Å². The highest BCUT2D eigenvalue weighted by molar-refractivity contribution is 5.17. The van der Waals surface area contributed by atoms with Crippen LogP contribution in [0.1, 0.15) is 18.1 Å². The first-order valence-electron chi connectivity index (χ1n) is 6.11. The van der Waals surface area contributed by atoms with E-state index in [0.717, 1.165) is 0 Å². The van der Waals surface area contributed by atoms with Crippen LogP contribution >= 0.6 is 0 Å². The Morgan fingerprint density at radius 1 is 0.947 bits per heavy atom. The summed E-state index contributed by atoms with van der Waals surface area (Å²) in [6, 6.07) is 8.80. The monoisotopic (exact) mass is 270 g/mol. The molecule has 106 valence electrons. The molecular weight excluding hydrogens is 252 g/mol. The molecule has 6 atom stereocenters. The molecule has 0 radical (unpaired) electrons. The number of hydrogen-bond acceptors (Lipinski definition) is 6. The lowest BCUT2D eigenvalue weighted by atomic mass is 9.93. The molecule has 1 aliphatic rings. The van der Waals surface area contributed by atoms with Gasteiger partial charge in [0.1, 0.15) is 18.3 Å². The van der Waals surface area contributed by atoms with Crippen LogP contribution in [0.4, 0.5) is 0 Å². The lowest BCUT2D eigenvalue weighted by Crippen LogP contribution is -2.57. The fourth-order valence-electron chi connectivity index (χ4n) is 2.16. The first-order valence-corrected chi connectivity index (χ1v) is 6.11. The van der Waals surface area contributed by atoms with Gasteiger partial charge in [-0.15, -0.1) is 0 Å². The normalized spacial score (nSPS) is 37.0. The SMILES string of the molecule is OC(C[C@@H]1O[C@H](O)[C@@H](O)[C@H](O)[C@@H]1O)c1ccccc1. The lowest BCUT2D eigenvalue weighted by Gasteiger charge is -2.39. The van der Waals surface area contributed by atoms with Gasteiger partial charge < -0.3 is 30.3 Å². The van der Waals surface area contributed by atoms with Crippen LogP contribution in [0.2, 0.25) is 0 Å². The fraction of sp³-hybridized carbons (Fsp3) is 0.538. The van der Waals surface area contributed by atoms with E-state index in [1.165, 1.54) is 0 Å². The summed E-state index contributed by atoms with van der Waals surface area (Å²) in [6.07, 6.45) is -7.84. The van der Waals surface area contributed by atoms with Gasteiger partial charge in [-0.1, -0.05) is 30.3 Å². The quantitative estimate of drug-likeness (QED) is 0.477. The Bertz CT molecular complexity index is 397. The molecule has 1 aliphatic heterocycles. The third kappa shape index (κ3) is 3.11. The van der Waals surface area contributed by atoms with Crippen LogP contribution in [0.15, 0.2) is 30.3 Å². The molecule has 0 aliphatic carbocycles. The summed E-state index contributed by atoms with van der Waals surface area (Å²) >= 11 is 0. The molecule has 1 heterocycles. The molecule has 5 N–H and O–H groups in total. The van der Waals surface area contributed by atoms with Crippen molar-refractivity contribution in [3.63, 3.8) is 0 Å². The maximum absolute atomic E-state index is 10.0. The van der Waals surface area contributed by atoms with Crippen molar-refractivity contribution >= 4 is 0 Å². The fourth-order valence-corrected chi connectivity index (χ4v) is 2.16. The van der Waals surface area contributed by atoms with E-state index in [4.69, 9.17) is 4.74 Å². The zero-order valence-corrected chi connectivity index (χ0v) is 10.2. The van der Waals surface area contributed by atoms with Crippen molar-refractivity contribution in [2.75, 3.05) is 0 Å². The molecule has 2 rings (SSSR count). The van der Waals surface area contributed by atoms with Gasteiger partial charge >= 0.3 is 0 Å². The van der Waals surface area contributed by atoms with Gasteiger partial charge in [0.25, 0.3) is 0 Å². The minimum absolute atomic E-state index is 0.00597.